The van der Waals surface area contributed by atoms with E-state index in [0.29, 0.717) is 11.7 Å². The van der Waals surface area contributed by atoms with Gasteiger partial charge in [-0.15, -0.1) is 0 Å². The molecule has 2 N–H and O–H groups in total. The lowest BCUT2D eigenvalue weighted by Crippen LogP contribution is -2.21. The number of aromatic nitrogens is 2. The Bertz CT molecular complexity index is 323. The van der Waals surface area contributed by atoms with Crippen molar-refractivity contribution in [1.82, 2.24) is 10.1 Å². The van der Waals surface area contributed by atoms with E-state index in [1.807, 2.05) is 13.8 Å². The predicted molar refractivity (Wildman–Crippen MR) is 60.8 cm³/mol. The summed E-state index contributed by atoms with van der Waals surface area (Å²) in [6.07, 6.45) is 3.04. The lowest BCUT2D eigenvalue weighted by molar-refractivity contribution is 0.00973. The van der Waals surface area contributed by atoms with Gasteiger partial charge in [0.05, 0.1) is 6.04 Å². The second-order valence-electron chi connectivity index (χ2n) is 4.42. The standard InChI is InChI=1S/C11H21N3O2/c1-5-6-7-8(12)9-13-10(14-16-9)11(2,3)15-4/h8H,5-7,12H2,1-4H3. The van der Waals surface area contributed by atoms with E-state index in [1.54, 1.807) is 7.11 Å². The van der Waals surface area contributed by atoms with Gasteiger partial charge in [-0.1, -0.05) is 24.9 Å². The second kappa shape index (κ2) is 5.41. The lowest BCUT2D eigenvalue weighted by atomic mass is 10.1. The molecule has 0 amide bonds. The predicted octanol–water partition coefficient (Wildman–Crippen LogP) is 2.14. The van der Waals surface area contributed by atoms with Gasteiger partial charge in [-0.3, -0.25) is 0 Å². The summed E-state index contributed by atoms with van der Waals surface area (Å²) in [4.78, 5) is 4.28. The van der Waals surface area contributed by atoms with Gasteiger partial charge in [-0.25, -0.2) is 0 Å². The summed E-state index contributed by atoms with van der Waals surface area (Å²) in [5, 5.41) is 3.90. The van der Waals surface area contributed by atoms with Crippen molar-refractivity contribution in [2.75, 3.05) is 7.11 Å². The quantitative estimate of drug-likeness (QED) is 0.805. The Morgan fingerprint density at radius 3 is 2.75 bits per heavy atom. The van der Waals surface area contributed by atoms with E-state index < -0.39 is 5.60 Å². The fourth-order valence-corrected chi connectivity index (χ4v) is 1.27. The SMILES string of the molecule is CCCCC(N)c1nc(C(C)(C)OC)no1. The first kappa shape index (κ1) is 13.1. The Balaban J connectivity index is 2.71. The van der Waals surface area contributed by atoms with Crippen LogP contribution in [-0.4, -0.2) is 17.3 Å². The number of rotatable bonds is 6. The molecule has 0 saturated carbocycles. The average molecular weight is 227 g/mol. The first-order valence-electron chi connectivity index (χ1n) is 5.66. The van der Waals surface area contributed by atoms with Crippen LogP contribution in [0.2, 0.25) is 0 Å². The van der Waals surface area contributed by atoms with Crippen molar-refractivity contribution < 1.29 is 9.26 Å². The van der Waals surface area contributed by atoms with E-state index in [2.05, 4.69) is 17.1 Å². The van der Waals surface area contributed by atoms with Crippen LogP contribution in [0, 0.1) is 0 Å². The van der Waals surface area contributed by atoms with E-state index >= 15 is 0 Å². The van der Waals surface area contributed by atoms with E-state index in [0.717, 1.165) is 19.3 Å². The Labute approximate surface area is 96.4 Å². The molecule has 16 heavy (non-hydrogen) atoms. The third kappa shape index (κ3) is 3.02. The van der Waals surface area contributed by atoms with E-state index in [-0.39, 0.29) is 6.04 Å². The van der Waals surface area contributed by atoms with E-state index in [1.165, 1.54) is 0 Å². The number of nitrogens with two attached hydrogens (primary N) is 1. The molecule has 1 aromatic rings. The van der Waals surface area contributed by atoms with Crippen LogP contribution in [0.15, 0.2) is 4.52 Å². The minimum absolute atomic E-state index is 0.172. The van der Waals surface area contributed by atoms with Crippen molar-refractivity contribution in [3.63, 3.8) is 0 Å². The van der Waals surface area contributed by atoms with Gasteiger partial charge in [0.25, 0.3) is 0 Å². The van der Waals surface area contributed by atoms with Crippen LogP contribution < -0.4 is 5.73 Å². The molecular weight excluding hydrogens is 206 g/mol. The van der Waals surface area contributed by atoms with Gasteiger partial charge in [-0.05, 0) is 20.3 Å². The molecule has 92 valence electrons. The van der Waals surface area contributed by atoms with Gasteiger partial charge in [0.15, 0.2) is 0 Å². The van der Waals surface area contributed by atoms with Gasteiger partial charge in [0.1, 0.15) is 5.60 Å². The smallest absolute Gasteiger partial charge is 0.243 e. The minimum Gasteiger partial charge on any atom is -0.371 e. The fraction of sp³-hybridized carbons (Fsp3) is 0.818. The molecule has 0 bridgehead atoms. The van der Waals surface area contributed by atoms with Crippen LogP contribution in [0.25, 0.3) is 0 Å². The van der Waals surface area contributed by atoms with E-state index in [9.17, 15) is 0 Å². The highest BCUT2D eigenvalue weighted by Gasteiger charge is 2.27. The van der Waals surface area contributed by atoms with E-state index in [4.69, 9.17) is 15.0 Å². The Hall–Kier alpha value is -0.940. The van der Waals surface area contributed by atoms with Crippen molar-refractivity contribution in [2.24, 2.45) is 5.73 Å². The Morgan fingerprint density at radius 2 is 2.19 bits per heavy atom. The maximum Gasteiger partial charge on any atom is 0.243 e. The molecule has 0 aliphatic carbocycles. The molecule has 0 aliphatic heterocycles. The first-order chi connectivity index (χ1) is 7.51. The molecule has 0 radical (unpaired) electrons. The number of nitrogens with zero attached hydrogens (tertiary/aromatic N) is 2. The molecule has 0 aliphatic rings. The number of methoxy groups -OCH3 is 1. The number of ether oxygens (including phenoxy) is 1. The summed E-state index contributed by atoms with van der Waals surface area (Å²) in [5.41, 5.74) is 5.41. The second-order valence-corrected chi connectivity index (χ2v) is 4.42. The van der Waals surface area contributed by atoms with Gasteiger partial charge >= 0.3 is 0 Å². The molecule has 1 aromatic heterocycles. The molecular formula is C11H21N3O2. The molecule has 1 atom stereocenters. The number of hydrogen-bond donors (Lipinski definition) is 1. The first-order valence-corrected chi connectivity index (χ1v) is 5.66. The molecule has 0 spiro atoms. The summed E-state index contributed by atoms with van der Waals surface area (Å²) < 4.78 is 10.4. The van der Waals surface area contributed by atoms with Crippen molar-refractivity contribution in [2.45, 2.75) is 51.7 Å². The summed E-state index contributed by atoms with van der Waals surface area (Å²) >= 11 is 0. The van der Waals surface area contributed by atoms with Crippen LogP contribution in [0.1, 0.15) is 57.8 Å². The maximum absolute atomic E-state index is 5.94. The van der Waals surface area contributed by atoms with Crippen LogP contribution in [-0.2, 0) is 10.3 Å². The zero-order valence-electron chi connectivity index (χ0n) is 10.5. The summed E-state index contributed by atoms with van der Waals surface area (Å²) in [6.45, 7) is 5.90. The summed E-state index contributed by atoms with van der Waals surface area (Å²) in [6, 6.07) is -0.172. The number of hydrogen-bond acceptors (Lipinski definition) is 5. The largest absolute Gasteiger partial charge is 0.371 e. The van der Waals surface area contributed by atoms with Crippen molar-refractivity contribution >= 4 is 0 Å². The molecule has 1 unspecified atom stereocenters. The highest BCUT2D eigenvalue weighted by molar-refractivity contribution is 4.99. The molecule has 0 saturated heterocycles. The van der Waals surface area contributed by atoms with Gasteiger partial charge in [0, 0.05) is 7.11 Å². The highest BCUT2D eigenvalue weighted by Crippen LogP contribution is 2.23. The molecule has 5 nitrogen and oxygen atoms in total. The topological polar surface area (TPSA) is 74.2 Å². The zero-order valence-corrected chi connectivity index (χ0v) is 10.5. The number of unbranched alkanes of at least 4 members (excludes halogenated alkanes) is 1. The molecule has 1 heterocycles. The molecule has 1 rings (SSSR count). The fourth-order valence-electron chi connectivity index (χ4n) is 1.27. The van der Waals surface area contributed by atoms with Crippen LogP contribution >= 0.6 is 0 Å². The van der Waals surface area contributed by atoms with Crippen molar-refractivity contribution in [3.05, 3.63) is 11.7 Å². The summed E-state index contributed by atoms with van der Waals surface area (Å²) in [7, 11) is 1.62. The van der Waals surface area contributed by atoms with Crippen molar-refractivity contribution in [1.29, 1.82) is 0 Å². The average Bonchev–Trinajstić information content (AvgIpc) is 2.75. The normalized spacial score (nSPS) is 14.1. The summed E-state index contributed by atoms with van der Waals surface area (Å²) in [5.74, 6) is 1.03. The third-order valence-corrected chi connectivity index (χ3v) is 2.68. The van der Waals surface area contributed by atoms with Gasteiger partial charge in [0.2, 0.25) is 11.7 Å². The van der Waals surface area contributed by atoms with Crippen LogP contribution in [0.5, 0.6) is 0 Å². The minimum atomic E-state index is -0.535. The lowest BCUT2D eigenvalue weighted by Gasteiger charge is -2.17. The maximum atomic E-state index is 5.94. The van der Waals surface area contributed by atoms with Crippen LogP contribution in [0.4, 0.5) is 0 Å². The molecule has 0 fully saturated rings. The van der Waals surface area contributed by atoms with Crippen molar-refractivity contribution in [3.8, 4) is 0 Å². The van der Waals surface area contributed by atoms with Gasteiger partial charge < -0.3 is 15.0 Å². The van der Waals surface area contributed by atoms with Crippen LogP contribution in [0.3, 0.4) is 0 Å². The zero-order chi connectivity index (χ0) is 12.2. The Morgan fingerprint density at radius 1 is 1.50 bits per heavy atom. The third-order valence-electron chi connectivity index (χ3n) is 2.68. The highest BCUT2D eigenvalue weighted by atomic mass is 16.5. The van der Waals surface area contributed by atoms with Gasteiger partial charge in [-0.2, -0.15) is 4.98 Å². The Kier molecular flexibility index (Phi) is 4.44. The molecule has 0 aromatic carbocycles. The monoisotopic (exact) mass is 227 g/mol. The molecule has 5 heteroatoms.